The summed E-state index contributed by atoms with van der Waals surface area (Å²) in [6.45, 7) is 17.0. The fourth-order valence-corrected chi connectivity index (χ4v) is 3.20. The number of nitrogens with zero attached hydrogens (tertiary/aromatic N) is 1. The molecule has 1 fully saturated rings. The van der Waals surface area contributed by atoms with Crippen molar-refractivity contribution in [1.82, 2.24) is 10.2 Å². The maximum absolute atomic E-state index is 5.37. The molecule has 0 aromatic carbocycles. The SMILES string of the molecule is COCC(C)N1CC(CC(C)C)NCC1C(C)(C)C. The summed E-state index contributed by atoms with van der Waals surface area (Å²) in [6.07, 6.45) is 1.26. The van der Waals surface area contributed by atoms with E-state index in [1.165, 1.54) is 6.42 Å². The molecule has 1 rings (SSSR count). The van der Waals surface area contributed by atoms with Gasteiger partial charge in [-0.25, -0.2) is 0 Å². The van der Waals surface area contributed by atoms with Crippen molar-refractivity contribution in [3.63, 3.8) is 0 Å². The number of piperazine rings is 1. The molecule has 1 heterocycles. The Kier molecular flexibility index (Phi) is 6.28. The Morgan fingerprint density at radius 2 is 1.89 bits per heavy atom. The fourth-order valence-electron chi connectivity index (χ4n) is 3.20. The second-order valence-electron chi connectivity index (χ2n) is 7.62. The van der Waals surface area contributed by atoms with Gasteiger partial charge in [0, 0.05) is 38.3 Å². The summed E-state index contributed by atoms with van der Waals surface area (Å²) in [5, 5.41) is 3.75. The predicted octanol–water partition coefficient (Wildman–Crippen LogP) is 2.76. The van der Waals surface area contributed by atoms with Crippen molar-refractivity contribution in [1.29, 1.82) is 0 Å². The second-order valence-corrected chi connectivity index (χ2v) is 7.62. The third-order valence-electron chi connectivity index (χ3n) is 4.16. The zero-order chi connectivity index (χ0) is 14.6. The number of hydrogen-bond donors (Lipinski definition) is 1. The van der Waals surface area contributed by atoms with E-state index in [2.05, 4.69) is 51.8 Å². The summed E-state index contributed by atoms with van der Waals surface area (Å²) in [5.41, 5.74) is 0.303. The molecule has 0 saturated carbocycles. The van der Waals surface area contributed by atoms with Gasteiger partial charge in [-0.1, -0.05) is 34.6 Å². The van der Waals surface area contributed by atoms with E-state index in [9.17, 15) is 0 Å². The Bertz CT molecular complexity index is 260. The molecule has 0 aromatic heterocycles. The maximum Gasteiger partial charge on any atom is 0.0615 e. The highest BCUT2D eigenvalue weighted by Gasteiger charge is 2.37. The highest BCUT2D eigenvalue weighted by atomic mass is 16.5. The van der Waals surface area contributed by atoms with Crippen molar-refractivity contribution < 1.29 is 4.74 Å². The van der Waals surface area contributed by atoms with Crippen molar-refractivity contribution in [2.24, 2.45) is 11.3 Å². The summed E-state index contributed by atoms with van der Waals surface area (Å²) in [4.78, 5) is 2.66. The Labute approximate surface area is 120 Å². The highest BCUT2D eigenvalue weighted by Crippen LogP contribution is 2.29. The summed E-state index contributed by atoms with van der Waals surface area (Å²) in [7, 11) is 1.80. The van der Waals surface area contributed by atoms with Crippen LogP contribution in [0.1, 0.15) is 48.0 Å². The van der Waals surface area contributed by atoms with Gasteiger partial charge in [-0.3, -0.25) is 4.90 Å². The zero-order valence-corrected chi connectivity index (χ0v) is 14.0. The number of nitrogens with one attached hydrogen (secondary N) is 1. The molecule has 0 bridgehead atoms. The lowest BCUT2D eigenvalue weighted by Crippen LogP contribution is -2.63. The minimum Gasteiger partial charge on any atom is -0.383 e. The molecule has 114 valence electrons. The van der Waals surface area contributed by atoms with E-state index in [1.54, 1.807) is 7.11 Å². The van der Waals surface area contributed by atoms with Gasteiger partial charge >= 0.3 is 0 Å². The first-order valence-corrected chi connectivity index (χ1v) is 7.73. The van der Waals surface area contributed by atoms with Gasteiger partial charge < -0.3 is 10.1 Å². The normalized spacial score (nSPS) is 27.8. The van der Waals surface area contributed by atoms with Gasteiger partial charge in [0.15, 0.2) is 0 Å². The van der Waals surface area contributed by atoms with Crippen molar-refractivity contribution in [3.05, 3.63) is 0 Å². The molecule has 1 aliphatic heterocycles. The topological polar surface area (TPSA) is 24.5 Å². The number of ether oxygens (including phenoxy) is 1. The fraction of sp³-hybridized carbons (Fsp3) is 1.00. The Hall–Kier alpha value is -0.120. The zero-order valence-electron chi connectivity index (χ0n) is 14.0. The highest BCUT2D eigenvalue weighted by molar-refractivity contribution is 4.94. The van der Waals surface area contributed by atoms with Crippen LogP contribution in [-0.4, -0.2) is 49.8 Å². The van der Waals surface area contributed by atoms with Gasteiger partial charge in [0.2, 0.25) is 0 Å². The monoisotopic (exact) mass is 270 g/mol. The molecule has 0 spiro atoms. The van der Waals surface area contributed by atoms with Gasteiger partial charge in [0.25, 0.3) is 0 Å². The van der Waals surface area contributed by atoms with Crippen LogP contribution in [0.3, 0.4) is 0 Å². The largest absolute Gasteiger partial charge is 0.383 e. The van der Waals surface area contributed by atoms with Crippen LogP contribution in [0, 0.1) is 11.3 Å². The van der Waals surface area contributed by atoms with Crippen molar-refractivity contribution in [2.45, 2.75) is 66.1 Å². The first-order valence-electron chi connectivity index (χ1n) is 7.73. The van der Waals surface area contributed by atoms with E-state index < -0.39 is 0 Å². The van der Waals surface area contributed by atoms with Crippen LogP contribution >= 0.6 is 0 Å². The van der Waals surface area contributed by atoms with E-state index in [0.29, 0.717) is 23.5 Å². The second kappa shape index (κ2) is 7.05. The molecule has 19 heavy (non-hydrogen) atoms. The van der Waals surface area contributed by atoms with Gasteiger partial charge in [0.05, 0.1) is 6.61 Å². The van der Waals surface area contributed by atoms with Crippen LogP contribution in [0.2, 0.25) is 0 Å². The van der Waals surface area contributed by atoms with E-state index in [4.69, 9.17) is 4.74 Å². The molecule has 0 aliphatic carbocycles. The average Bonchev–Trinajstić information content (AvgIpc) is 2.26. The first kappa shape index (κ1) is 16.9. The summed E-state index contributed by atoms with van der Waals surface area (Å²) < 4.78 is 5.37. The maximum atomic E-state index is 5.37. The molecule has 0 radical (unpaired) electrons. The number of rotatable bonds is 5. The molecule has 0 aromatic rings. The lowest BCUT2D eigenvalue weighted by Gasteiger charge is -2.49. The van der Waals surface area contributed by atoms with E-state index in [1.807, 2.05) is 0 Å². The Morgan fingerprint density at radius 3 is 2.37 bits per heavy atom. The number of hydrogen-bond acceptors (Lipinski definition) is 3. The molecule has 3 atom stereocenters. The van der Waals surface area contributed by atoms with Crippen LogP contribution in [0.25, 0.3) is 0 Å². The third-order valence-corrected chi connectivity index (χ3v) is 4.16. The minimum absolute atomic E-state index is 0.303. The average molecular weight is 270 g/mol. The van der Waals surface area contributed by atoms with Crippen LogP contribution in [0.15, 0.2) is 0 Å². The van der Waals surface area contributed by atoms with E-state index in [0.717, 1.165) is 25.6 Å². The molecular formula is C16H34N2O. The van der Waals surface area contributed by atoms with Gasteiger partial charge in [-0.2, -0.15) is 0 Å². The van der Waals surface area contributed by atoms with E-state index in [-0.39, 0.29) is 0 Å². The molecule has 3 heteroatoms. The number of methoxy groups -OCH3 is 1. The van der Waals surface area contributed by atoms with E-state index >= 15 is 0 Å². The van der Waals surface area contributed by atoms with Crippen molar-refractivity contribution >= 4 is 0 Å². The third kappa shape index (κ3) is 5.05. The smallest absolute Gasteiger partial charge is 0.0615 e. The quantitative estimate of drug-likeness (QED) is 0.831. The Morgan fingerprint density at radius 1 is 1.26 bits per heavy atom. The Balaban J connectivity index is 2.74. The molecule has 0 amide bonds. The minimum atomic E-state index is 0.303. The first-order chi connectivity index (χ1) is 8.75. The lowest BCUT2D eigenvalue weighted by molar-refractivity contribution is -0.00381. The summed E-state index contributed by atoms with van der Waals surface area (Å²) >= 11 is 0. The van der Waals surface area contributed by atoms with Crippen molar-refractivity contribution in [2.75, 3.05) is 26.8 Å². The molecule has 1 N–H and O–H groups in total. The molecular weight excluding hydrogens is 236 g/mol. The molecule has 3 unspecified atom stereocenters. The summed E-state index contributed by atoms with van der Waals surface area (Å²) in [6, 6.07) is 1.70. The molecule has 1 aliphatic rings. The van der Waals surface area contributed by atoms with Gasteiger partial charge in [-0.05, 0) is 24.7 Å². The van der Waals surface area contributed by atoms with Crippen LogP contribution < -0.4 is 5.32 Å². The lowest BCUT2D eigenvalue weighted by atomic mass is 9.82. The van der Waals surface area contributed by atoms with Gasteiger partial charge in [-0.15, -0.1) is 0 Å². The standard InChI is InChI=1S/C16H34N2O/c1-12(2)8-14-10-18(13(3)11-19-7)15(9-17-14)16(4,5)6/h12-15,17H,8-11H2,1-7H3. The van der Waals surface area contributed by atoms with Gasteiger partial charge in [0.1, 0.15) is 0 Å². The molecule has 3 nitrogen and oxygen atoms in total. The summed E-state index contributed by atoms with van der Waals surface area (Å²) in [5.74, 6) is 0.753. The predicted molar refractivity (Wildman–Crippen MR) is 82.5 cm³/mol. The molecule has 1 saturated heterocycles. The van der Waals surface area contributed by atoms with Crippen LogP contribution in [0.4, 0.5) is 0 Å². The van der Waals surface area contributed by atoms with Crippen molar-refractivity contribution in [3.8, 4) is 0 Å². The van der Waals surface area contributed by atoms with Crippen LogP contribution in [-0.2, 0) is 4.74 Å². The van der Waals surface area contributed by atoms with Crippen LogP contribution in [0.5, 0.6) is 0 Å².